The summed E-state index contributed by atoms with van der Waals surface area (Å²) in [7, 11) is 2.17. The third-order valence-electron chi connectivity index (χ3n) is 3.69. The van der Waals surface area contributed by atoms with E-state index in [9.17, 15) is 0 Å². The lowest BCUT2D eigenvalue weighted by Crippen LogP contribution is -2.50. The van der Waals surface area contributed by atoms with Crippen molar-refractivity contribution in [3.63, 3.8) is 0 Å². The van der Waals surface area contributed by atoms with Crippen LogP contribution >= 0.6 is 15.9 Å². The molecular formula is C15H19BrN4. The lowest BCUT2D eigenvalue weighted by molar-refractivity contribution is 0.236. The Morgan fingerprint density at radius 1 is 1.40 bits per heavy atom. The minimum atomic E-state index is 0.479. The number of aromatic nitrogens is 2. The van der Waals surface area contributed by atoms with Gasteiger partial charge in [-0.15, -0.1) is 0 Å². The van der Waals surface area contributed by atoms with E-state index in [-0.39, 0.29) is 0 Å². The average molecular weight is 335 g/mol. The summed E-state index contributed by atoms with van der Waals surface area (Å²) in [6, 6.07) is 8.68. The molecule has 1 unspecified atom stereocenters. The average Bonchev–Trinajstić information content (AvgIpc) is 2.87. The molecule has 1 fully saturated rings. The van der Waals surface area contributed by atoms with Crippen molar-refractivity contribution in [2.24, 2.45) is 0 Å². The van der Waals surface area contributed by atoms with Gasteiger partial charge >= 0.3 is 0 Å². The molecule has 0 aliphatic carbocycles. The predicted octanol–water partition coefficient (Wildman–Crippen LogP) is 2.29. The molecule has 0 saturated carbocycles. The second kappa shape index (κ2) is 6.08. The van der Waals surface area contributed by atoms with Gasteiger partial charge in [-0.2, -0.15) is 0 Å². The molecule has 20 heavy (non-hydrogen) atoms. The van der Waals surface area contributed by atoms with E-state index < -0.39 is 0 Å². The Labute approximate surface area is 127 Å². The Morgan fingerprint density at radius 2 is 2.25 bits per heavy atom. The molecule has 2 N–H and O–H groups in total. The molecule has 1 aliphatic rings. The number of hydrogen-bond acceptors (Lipinski definition) is 3. The zero-order valence-corrected chi connectivity index (χ0v) is 13.2. The molecule has 1 saturated heterocycles. The van der Waals surface area contributed by atoms with Crippen molar-refractivity contribution in [2.45, 2.75) is 12.5 Å². The number of imidazole rings is 1. The van der Waals surface area contributed by atoms with Crippen LogP contribution in [0.3, 0.4) is 0 Å². The molecular weight excluding hydrogens is 316 g/mol. The number of H-pyrrole nitrogens is 1. The van der Waals surface area contributed by atoms with Crippen molar-refractivity contribution in [3.05, 3.63) is 40.8 Å². The van der Waals surface area contributed by atoms with Gasteiger partial charge in [0.2, 0.25) is 0 Å². The maximum atomic E-state index is 4.52. The lowest BCUT2D eigenvalue weighted by Gasteiger charge is -2.30. The maximum Gasteiger partial charge on any atom is 0.108 e. The first kappa shape index (κ1) is 13.8. The molecule has 0 radical (unpaired) electrons. The van der Waals surface area contributed by atoms with Crippen LogP contribution in [-0.2, 0) is 6.42 Å². The van der Waals surface area contributed by atoms with Gasteiger partial charge in [-0.1, -0.05) is 34.1 Å². The summed E-state index contributed by atoms with van der Waals surface area (Å²) < 4.78 is 1.09. The minimum Gasteiger partial charge on any atom is -0.342 e. The van der Waals surface area contributed by atoms with Crippen LogP contribution in [0.25, 0.3) is 11.3 Å². The molecule has 1 aromatic heterocycles. The monoisotopic (exact) mass is 334 g/mol. The normalized spacial score (nSPS) is 20.2. The first-order chi connectivity index (χ1) is 9.72. The number of rotatable bonds is 3. The van der Waals surface area contributed by atoms with Gasteiger partial charge in [0.05, 0.1) is 11.9 Å². The van der Waals surface area contributed by atoms with Crippen molar-refractivity contribution in [1.29, 1.82) is 0 Å². The number of hydrogen-bond donors (Lipinski definition) is 2. The second-order valence-electron chi connectivity index (χ2n) is 5.34. The van der Waals surface area contributed by atoms with E-state index in [1.54, 1.807) is 0 Å². The van der Waals surface area contributed by atoms with Crippen LogP contribution in [0.1, 0.15) is 5.82 Å². The van der Waals surface area contributed by atoms with Crippen molar-refractivity contribution in [3.8, 4) is 11.3 Å². The predicted molar refractivity (Wildman–Crippen MR) is 84.7 cm³/mol. The molecule has 106 valence electrons. The van der Waals surface area contributed by atoms with Crippen LogP contribution in [0, 0.1) is 0 Å². The third-order valence-corrected chi connectivity index (χ3v) is 4.38. The van der Waals surface area contributed by atoms with Crippen LogP contribution in [0.5, 0.6) is 0 Å². The number of benzene rings is 1. The van der Waals surface area contributed by atoms with Crippen LogP contribution in [0.15, 0.2) is 34.9 Å². The summed E-state index contributed by atoms with van der Waals surface area (Å²) >= 11 is 3.58. The van der Waals surface area contributed by atoms with E-state index in [1.165, 1.54) is 0 Å². The van der Waals surface area contributed by atoms with E-state index in [0.29, 0.717) is 6.04 Å². The van der Waals surface area contributed by atoms with Crippen molar-refractivity contribution in [2.75, 3.05) is 26.7 Å². The molecule has 1 aromatic carbocycles. The van der Waals surface area contributed by atoms with Gasteiger partial charge in [0.15, 0.2) is 0 Å². The Kier molecular flexibility index (Phi) is 4.19. The van der Waals surface area contributed by atoms with Crippen LogP contribution in [-0.4, -0.2) is 47.6 Å². The van der Waals surface area contributed by atoms with Crippen LogP contribution < -0.4 is 5.32 Å². The Balaban J connectivity index is 1.72. The SMILES string of the molecule is CN1CCNC(Cc2ncc(-c3ccccc3Br)[nH]2)C1. The fraction of sp³-hybridized carbons (Fsp3) is 0.400. The Morgan fingerprint density at radius 3 is 3.05 bits per heavy atom. The summed E-state index contributed by atoms with van der Waals surface area (Å²) in [5.74, 6) is 1.04. The molecule has 2 aromatic rings. The highest BCUT2D eigenvalue weighted by Gasteiger charge is 2.18. The third kappa shape index (κ3) is 3.11. The standard InChI is InChI=1S/C15H19BrN4/c1-20-7-6-17-11(10-20)8-15-18-9-14(19-15)12-4-2-3-5-13(12)16/h2-5,9,11,17H,6-8,10H2,1H3,(H,18,19). The van der Waals surface area contributed by atoms with E-state index in [4.69, 9.17) is 0 Å². The largest absolute Gasteiger partial charge is 0.342 e. The van der Waals surface area contributed by atoms with Crippen LogP contribution in [0.4, 0.5) is 0 Å². The molecule has 0 bridgehead atoms. The van der Waals surface area contributed by atoms with E-state index in [2.05, 4.69) is 49.2 Å². The molecule has 1 atom stereocenters. The molecule has 0 spiro atoms. The highest BCUT2D eigenvalue weighted by molar-refractivity contribution is 9.10. The highest BCUT2D eigenvalue weighted by atomic mass is 79.9. The van der Waals surface area contributed by atoms with Crippen LogP contribution in [0.2, 0.25) is 0 Å². The molecule has 5 heteroatoms. The molecule has 1 aliphatic heterocycles. The smallest absolute Gasteiger partial charge is 0.108 e. The summed E-state index contributed by atoms with van der Waals surface area (Å²) in [6.07, 6.45) is 2.86. The zero-order chi connectivity index (χ0) is 13.9. The van der Waals surface area contributed by atoms with Crippen molar-refractivity contribution < 1.29 is 0 Å². The number of halogens is 1. The minimum absolute atomic E-state index is 0.479. The summed E-state index contributed by atoms with van der Waals surface area (Å²) in [5.41, 5.74) is 2.22. The quantitative estimate of drug-likeness (QED) is 0.905. The molecule has 0 amide bonds. The van der Waals surface area contributed by atoms with Gasteiger partial charge in [0.1, 0.15) is 5.82 Å². The van der Waals surface area contributed by atoms with Crippen molar-refractivity contribution >= 4 is 15.9 Å². The van der Waals surface area contributed by atoms with Gasteiger partial charge in [-0.3, -0.25) is 0 Å². The van der Waals surface area contributed by atoms with Gasteiger partial charge in [0.25, 0.3) is 0 Å². The van der Waals surface area contributed by atoms with Gasteiger partial charge in [-0.05, 0) is 13.1 Å². The fourth-order valence-corrected chi connectivity index (χ4v) is 3.14. The second-order valence-corrected chi connectivity index (χ2v) is 6.20. The summed E-state index contributed by atoms with van der Waals surface area (Å²) in [6.45, 7) is 3.25. The number of likely N-dealkylation sites (N-methyl/N-ethyl adjacent to an activating group) is 1. The van der Waals surface area contributed by atoms with E-state index in [1.807, 2.05) is 24.4 Å². The first-order valence-corrected chi connectivity index (χ1v) is 7.72. The molecule has 3 rings (SSSR count). The highest BCUT2D eigenvalue weighted by Crippen LogP contribution is 2.26. The first-order valence-electron chi connectivity index (χ1n) is 6.93. The summed E-state index contributed by atoms with van der Waals surface area (Å²) in [4.78, 5) is 10.3. The lowest BCUT2D eigenvalue weighted by atomic mass is 10.1. The topological polar surface area (TPSA) is 44.0 Å². The van der Waals surface area contributed by atoms with Gasteiger partial charge < -0.3 is 15.2 Å². The van der Waals surface area contributed by atoms with E-state index in [0.717, 1.165) is 47.6 Å². The van der Waals surface area contributed by atoms with Gasteiger partial charge in [-0.25, -0.2) is 4.98 Å². The van der Waals surface area contributed by atoms with Gasteiger partial charge in [0, 0.05) is 42.1 Å². The fourth-order valence-electron chi connectivity index (χ4n) is 2.64. The number of piperazine rings is 1. The number of nitrogens with one attached hydrogen (secondary N) is 2. The molecule has 2 heterocycles. The number of aromatic amines is 1. The molecule has 4 nitrogen and oxygen atoms in total. The van der Waals surface area contributed by atoms with E-state index >= 15 is 0 Å². The maximum absolute atomic E-state index is 4.52. The Bertz CT molecular complexity index is 581. The Hall–Kier alpha value is -1.17. The number of nitrogens with zero attached hydrogens (tertiary/aromatic N) is 2. The van der Waals surface area contributed by atoms with Crippen molar-refractivity contribution in [1.82, 2.24) is 20.2 Å². The summed E-state index contributed by atoms with van der Waals surface area (Å²) in [5, 5.41) is 3.55. The zero-order valence-electron chi connectivity index (χ0n) is 11.6.